The third-order valence-electron chi connectivity index (χ3n) is 5.20. The van der Waals surface area contributed by atoms with E-state index in [1.54, 1.807) is 26.0 Å². The number of benzene rings is 3. The first-order chi connectivity index (χ1) is 15.9. The highest BCUT2D eigenvalue weighted by molar-refractivity contribution is 6.10. The first-order valence-corrected chi connectivity index (χ1v) is 10.2. The van der Waals surface area contributed by atoms with Crippen LogP contribution in [0.5, 0.6) is 0 Å². The van der Waals surface area contributed by atoms with Crippen LogP contribution in [0.25, 0.3) is 0 Å². The molecule has 0 saturated heterocycles. The minimum absolute atomic E-state index is 0.0940. The Labute approximate surface area is 194 Å². The predicted molar refractivity (Wildman–Crippen MR) is 127 cm³/mol. The molecule has 0 bridgehead atoms. The van der Waals surface area contributed by atoms with Crippen molar-refractivity contribution in [2.24, 2.45) is 0 Å². The number of carbonyl (C=O) groups is 2. The van der Waals surface area contributed by atoms with E-state index in [-0.39, 0.29) is 33.9 Å². The van der Waals surface area contributed by atoms with Gasteiger partial charge in [-0.2, -0.15) is 0 Å². The van der Waals surface area contributed by atoms with E-state index in [4.69, 9.17) is 0 Å². The molecule has 3 aromatic rings. The van der Waals surface area contributed by atoms with Crippen molar-refractivity contribution in [2.75, 3.05) is 10.6 Å². The average Bonchev–Trinajstić information content (AvgIpc) is 2.76. The maximum absolute atomic E-state index is 12.9. The molecule has 3 rings (SSSR count). The molecule has 0 aliphatic carbocycles. The standard InChI is InChI=1S/C24H22N4O6/c1-13-5-17(11-19(7-13)27(31)32)23(29)25-21-9-15(3)16(4)10-22(21)26-24(30)18-6-14(2)8-20(12-18)28(33)34/h5-12H,1-4H3,(H,25,29)(H,26,30). The van der Waals surface area contributed by atoms with Crippen molar-refractivity contribution in [1.82, 2.24) is 0 Å². The smallest absolute Gasteiger partial charge is 0.270 e. The van der Waals surface area contributed by atoms with Gasteiger partial charge in [0.15, 0.2) is 0 Å². The maximum Gasteiger partial charge on any atom is 0.270 e. The lowest BCUT2D eigenvalue weighted by Gasteiger charge is -2.15. The highest BCUT2D eigenvalue weighted by Crippen LogP contribution is 2.28. The Morgan fingerprint density at radius 1 is 0.618 bits per heavy atom. The maximum atomic E-state index is 12.9. The molecule has 2 N–H and O–H groups in total. The molecular formula is C24H22N4O6. The predicted octanol–water partition coefficient (Wildman–Crippen LogP) is 5.24. The largest absolute Gasteiger partial charge is 0.320 e. The molecule has 0 atom stereocenters. The Morgan fingerprint density at radius 3 is 1.29 bits per heavy atom. The summed E-state index contributed by atoms with van der Waals surface area (Å²) in [5, 5.41) is 27.7. The lowest BCUT2D eigenvalue weighted by molar-refractivity contribution is -0.385. The van der Waals surface area contributed by atoms with Crippen LogP contribution in [0.4, 0.5) is 22.7 Å². The van der Waals surface area contributed by atoms with Gasteiger partial charge in [-0.05, 0) is 74.2 Å². The van der Waals surface area contributed by atoms with E-state index in [0.29, 0.717) is 11.1 Å². The van der Waals surface area contributed by atoms with E-state index in [0.717, 1.165) is 11.1 Å². The SMILES string of the molecule is Cc1cc(C(=O)Nc2cc(C)c(C)cc2NC(=O)c2cc(C)cc([N+](=O)[O-])c2)cc([N+](=O)[O-])c1. The van der Waals surface area contributed by atoms with Crippen molar-refractivity contribution in [3.05, 3.63) is 102 Å². The number of anilines is 2. The van der Waals surface area contributed by atoms with Crippen molar-refractivity contribution in [2.45, 2.75) is 27.7 Å². The molecule has 0 fully saturated rings. The molecule has 10 heteroatoms. The van der Waals surface area contributed by atoms with E-state index in [1.165, 1.54) is 36.4 Å². The van der Waals surface area contributed by atoms with E-state index in [1.807, 2.05) is 13.8 Å². The number of amides is 2. The first-order valence-electron chi connectivity index (χ1n) is 10.2. The fourth-order valence-corrected chi connectivity index (χ4v) is 3.41. The second kappa shape index (κ2) is 9.49. The van der Waals surface area contributed by atoms with Gasteiger partial charge < -0.3 is 10.6 Å². The molecule has 0 radical (unpaired) electrons. The summed E-state index contributed by atoms with van der Waals surface area (Å²) in [6, 6.07) is 11.5. The van der Waals surface area contributed by atoms with Gasteiger partial charge in [-0.1, -0.05) is 0 Å². The molecule has 2 amide bonds. The molecule has 34 heavy (non-hydrogen) atoms. The van der Waals surface area contributed by atoms with Crippen molar-refractivity contribution < 1.29 is 19.4 Å². The second-order valence-corrected chi connectivity index (χ2v) is 8.02. The third-order valence-corrected chi connectivity index (χ3v) is 5.20. The average molecular weight is 462 g/mol. The van der Waals surface area contributed by atoms with Gasteiger partial charge in [0, 0.05) is 35.4 Å². The molecule has 0 spiro atoms. The Bertz CT molecular complexity index is 1250. The number of nitrogens with zero attached hydrogens (tertiary/aromatic N) is 2. The van der Waals surface area contributed by atoms with Crippen molar-refractivity contribution in [3.63, 3.8) is 0 Å². The summed E-state index contributed by atoms with van der Waals surface area (Å²) in [5.41, 5.74) is 3.13. The zero-order valence-corrected chi connectivity index (χ0v) is 19.0. The van der Waals surface area contributed by atoms with Crippen LogP contribution in [-0.4, -0.2) is 21.7 Å². The van der Waals surface area contributed by atoms with Crippen LogP contribution in [0.1, 0.15) is 43.0 Å². The molecule has 0 aliphatic heterocycles. The van der Waals surface area contributed by atoms with Gasteiger partial charge >= 0.3 is 0 Å². The molecule has 0 aliphatic rings. The van der Waals surface area contributed by atoms with Gasteiger partial charge in [0.2, 0.25) is 0 Å². The Kier molecular flexibility index (Phi) is 6.71. The Hall–Kier alpha value is -4.60. The number of hydrogen-bond donors (Lipinski definition) is 2. The lowest BCUT2D eigenvalue weighted by atomic mass is 10.1. The quantitative estimate of drug-likeness (QED) is 0.378. The summed E-state index contributed by atoms with van der Waals surface area (Å²) in [6.45, 7) is 6.95. The van der Waals surface area contributed by atoms with Gasteiger partial charge in [0.25, 0.3) is 23.2 Å². The van der Waals surface area contributed by atoms with Gasteiger partial charge in [-0.15, -0.1) is 0 Å². The van der Waals surface area contributed by atoms with Crippen LogP contribution in [0.15, 0.2) is 48.5 Å². The second-order valence-electron chi connectivity index (χ2n) is 8.02. The number of rotatable bonds is 6. The van der Waals surface area contributed by atoms with Crippen LogP contribution >= 0.6 is 0 Å². The molecule has 0 aromatic heterocycles. The van der Waals surface area contributed by atoms with E-state index < -0.39 is 21.7 Å². The zero-order valence-electron chi connectivity index (χ0n) is 19.0. The minimum atomic E-state index is -0.586. The normalized spacial score (nSPS) is 10.5. The van der Waals surface area contributed by atoms with Gasteiger partial charge in [0.05, 0.1) is 21.2 Å². The minimum Gasteiger partial charge on any atom is -0.320 e. The molecule has 0 unspecified atom stereocenters. The topological polar surface area (TPSA) is 144 Å². The van der Waals surface area contributed by atoms with Crippen molar-refractivity contribution in [3.8, 4) is 0 Å². The van der Waals surface area contributed by atoms with Crippen LogP contribution in [0.2, 0.25) is 0 Å². The van der Waals surface area contributed by atoms with Crippen LogP contribution in [0.3, 0.4) is 0 Å². The summed E-state index contributed by atoms with van der Waals surface area (Å²) in [4.78, 5) is 46.9. The number of aryl methyl sites for hydroxylation is 4. The van der Waals surface area contributed by atoms with Crippen LogP contribution in [-0.2, 0) is 0 Å². The fourth-order valence-electron chi connectivity index (χ4n) is 3.41. The van der Waals surface area contributed by atoms with Gasteiger partial charge in [-0.3, -0.25) is 29.8 Å². The monoisotopic (exact) mass is 462 g/mol. The Balaban J connectivity index is 1.95. The lowest BCUT2D eigenvalue weighted by Crippen LogP contribution is -2.18. The molecule has 3 aromatic carbocycles. The highest BCUT2D eigenvalue weighted by Gasteiger charge is 2.18. The van der Waals surface area contributed by atoms with Crippen LogP contribution in [0, 0.1) is 47.9 Å². The summed E-state index contributed by atoms with van der Waals surface area (Å²) in [7, 11) is 0. The first kappa shape index (κ1) is 24.1. The number of nitro groups is 2. The third kappa shape index (κ3) is 5.41. The number of nitrogens with one attached hydrogen (secondary N) is 2. The fraction of sp³-hybridized carbons (Fsp3) is 0.167. The van der Waals surface area contributed by atoms with E-state index in [9.17, 15) is 29.8 Å². The van der Waals surface area contributed by atoms with Gasteiger partial charge in [-0.25, -0.2) is 0 Å². The summed E-state index contributed by atoms with van der Waals surface area (Å²) in [5.74, 6) is -1.17. The van der Waals surface area contributed by atoms with E-state index >= 15 is 0 Å². The van der Waals surface area contributed by atoms with Crippen molar-refractivity contribution in [1.29, 1.82) is 0 Å². The molecular weight excluding hydrogens is 440 g/mol. The molecule has 10 nitrogen and oxygen atoms in total. The van der Waals surface area contributed by atoms with Crippen molar-refractivity contribution >= 4 is 34.6 Å². The molecule has 0 saturated carbocycles. The highest BCUT2D eigenvalue weighted by atomic mass is 16.6. The number of non-ortho nitro benzene ring substituents is 2. The van der Waals surface area contributed by atoms with Crippen LogP contribution < -0.4 is 10.6 Å². The van der Waals surface area contributed by atoms with Gasteiger partial charge in [0.1, 0.15) is 0 Å². The molecule has 174 valence electrons. The van der Waals surface area contributed by atoms with E-state index in [2.05, 4.69) is 10.6 Å². The summed E-state index contributed by atoms with van der Waals surface area (Å²) < 4.78 is 0. The Morgan fingerprint density at radius 2 is 0.971 bits per heavy atom. The summed E-state index contributed by atoms with van der Waals surface area (Å²) >= 11 is 0. The number of carbonyl (C=O) groups excluding carboxylic acids is 2. The zero-order chi connectivity index (χ0) is 25.2. The number of hydrogen-bond acceptors (Lipinski definition) is 6. The number of nitro benzene ring substituents is 2. The molecule has 0 heterocycles. The summed E-state index contributed by atoms with van der Waals surface area (Å²) in [6.07, 6.45) is 0.